The number of aromatic nitrogens is 3. The minimum atomic E-state index is -4.52. The average molecular weight is 401 g/mol. The lowest BCUT2D eigenvalue weighted by atomic mass is 10.1. The number of amides is 1. The standard InChI is InChI=1S/C16H18F3N5O2S/c1-3-11-9(2)8-10(12(25)20-11)13(26)23-4-6-24(7-5-23)15-22-21-14(27-15)16(17,18)19/h8H,3-7H2,1-2H3,(H,20,25). The molecule has 1 aliphatic heterocycles. The van der Waals surface area contributed by atoms with Crippen molar-refractivity contribution in [1.82, 2.24) is 20.1 Å². The first-order valence-corrected chi connectivity index (χ1v) is 9.20. The molecule has 1 fully saturated rings. The van der Waals surface area contributed by atoms with Gasteiger partial charge in [0.15, 0.2) is 0 Å². The molecule has 2 aromatic heterocycles. The van der Waals surface area contributed by atoms with Crippen LogP contribution in [0, 0.1) is 6.92 Å². The van der Waals surface area contributed by atoms with Crippen LogP contribution in [-0.2, 0) is 12.6 Å². The van der Waals surface area contributed by atoms with Crippen LogP contribution in [0.15, 0.2) is 10.9 Å². The number of H-pyrrole nitrogens is 1. The van der Waals surface area contributed by atoms with Gasteiger partial charge in [0.05, 0.1) is 0 Å². The van der Waals surface area contributed by atoms with E-state index in [0.29, 0.717) is 30.8 Å². The molecule has 146 valence electrons. The molecular weight excluding hydrogens is 383 g/mol. The fraction of sp³-hybridized carbons (Fsp3) is 0.500. The second kappa shape index (κ2) is 7.29. The van der Waals surface area contributed by atoms with Gasteiger partial charge in [-0.05, 0) is 25.0 Å². The summed E-state index contributed by atoms with van der Waals surface area (Å²) in [6, 6.07) is 1.59. The summed E-state index contributed by atoms with van der Waals surface area (Å²) in [7, 11) is 0. The molecule has 3 rings (SSSR count). The summed E-state index contributed by atoms with van der Waals surface area (Å²) in [5, 5.41) is 5.96. The number of hydrogen-bond donors (Lipinski definition) is 1. The monoisotopic (exact) mass is 401 g/mol. The molecule has 0 spiro atoms. The highest BCUT2D eigenvalue weighted by Crippen LogP contribution is 2.34. The lowest BCUT2D eigenvalue weighted by Crippen LogP contribution is -2.49. The maximum atomic E-state index is 12.7. The van der Waals surface area contributed by atoms with E-state index in [1.165, 1.54) is 4.90 Å². The highest BCUT2D eigenvalue weighted by atomic mass is 32.1. The van der Waals surface area contributed by atoms with Crippen molar-refractivity contribution in [2.24, 2.45) is 0 Å². The summed E-state index contributed by atoms with van der Waals surface area (Å²) in [6.45, 7) is 4.96. The molecule has 11 heteroatoms. The normalized spacial score (nSPS) is 15.3. The van der Waals surface area contributed by atoms with E-state index in [1.807, 2.05) is 13.8 Å². The zero-order chi connectivity index (χ0) is 19.8. The van der Waals surface area contributed by atoms with Gasteiger partial charge in [-0.3, -0.25) is 9.59 Å². The van der Waals surface area contributed by atoms with Gasteiger partial charge in [-0.2, -0.15) is 13.2 Å². The second-order valence-corrected chi connectivity index (χ2v) is 7.15. The summed E-state index contributed by atoms with van der Waals surface area (Å²) in [4.78, 5) is 30.8. The minimum absolute atomic E-state index is 0.0772. The number of rotatable bonds is 3. The Hall–Kier alpha value is -2.43. The van der Waals surface area contributed by atoms with Crippen LogP contribution >= 0.6 is 11.3 Å². The van der Waals surface area contributed by atoms with Crippen molar-refractivity contribution >= 4 is 22.4 Å². The molecule has 3 heterocycles. The SMILES string of the molecule is CCc1[nH]c(=O)c(C(=O)N2CCN(c3nnc(C(F)(F)F)s3)CC2)cc1C. The van der Waals surface area contributed by atoms with Crippen molar-refractivity contribution in [1.29, 1.82) is 0 Å². The fourth-order valence-electron chi connectivity index (χ4n) is 2.93. The summed E-state index contributed by atoms with van der Waals surface area (Å²) >= 11 is 0.481. The highest BCUT2D eigenvalue weighted by molar-refractivity contribution is 7.15. The van der Waals surface area contributed by atoms with E-state index in [4.69, 9.17) is 0 Å². The molecular formula is C16H18F3N5O2S. The van der Waals surface area contributed by atoms with Crippen LogP contribution < -0.4 is 10.5 Å². The number of pyridine rings is 1. The first kappa shape index (κ1) is 19.3. The lowest BCUT2D eigenvalue weighted by molar-refractivity contribution is -0.138. The number of hydrogen-bond acceptors (Lipinski definition) is 6. The third-order valence-corrected chi connectivity index (χ3v) is 5.45. The van der Waals surface area contributed by atoms with Gasteiger partial charge in [0.2, 0.25) is 10.1 Å². The number of carbonyl (C=O) groups is 1. The van der Waals surface area contributed by atoms with Crippen LogP contribution in [0.4, 0.5) is 18.3 Å². The van der Waals surface area contributed by atoms with Gasteiger partial charge in [-0.1, -0.05) is 18.3 Å². The molecule has 7 nitrogen and oxygen atoms in total. The number of carbonyl (C=O) groups excluding carboxylic acids is 1. The van der Waals surface area contributed by atoms with Gasteiger partial charge in [0, 0.05) is 31.9 Å². The number of piperazine rings is 1. The summed E-state index contributed by atoms with van der Waals surface area (Å²) in [6.07, 6.45) is -3.85. The zero-order valence-electron chi connectivity index (χ0n) is 14.8. The van der Waals surface area contributed by atoms with E-state index in [0.717, 1.165) is 11.3 Å². The van der Waals surface area contributed by atoms with Gasteiger partial charge < -0.3 is 14.8 Å². The van der Waals surface area contributed by atoms with Crippen LogP contribution in [0.5, 0.6) is 0 Å². The quantitative estimate of drug-likeness (QED) is 0.852. The highest BCUT2D eigenvalue weighted by Gasteiger charge is 2.36. The van der Waals surface area contributed by atoms with E-state index >= 15 is 0 Å². The minimum Gasteiger partial charge on any atom is -0.343 e. The van der Waals surface area contributed by atoms with Crippen LogP contribution in [-0.4, -0.2) is 52.2 Å². The van der Waals surface area contributed by atoms with Gasteiger partial charge in [0.25, 0.3) is 11.5 Å². The molecule has 2 aromatic rings. The predicted octanol–water partition coefficient (Wildman–Crippen LogP) is 2.08. The van der Waals surface area contributed by atoms with Gasteiger partial charge in [-0.15, -0.1) is 10.2 Å². The zero-order valence-corrected chi connectivity index (χ0v) is 15.6. The second-order valence-electron chi connectivity index (χ2n) is 6.19. The molecule has 0 atom stereocenters. The molecule has 1 saturated heterocycles. The Kier molecular flexibility index (Phi) is 5.22. The van der Waals surface area contributed by atoms with Crippen molar-refractivity contribution in [2.75, 3.05) is 31.1 Å². The van der Waals surface area contributed by atoms with Crippen molar-refractivity contribution in [3.8, 4) is 0 Å². The Labute approximate surface area is 156 Å². The maximum absolute atomic E-state index is 12.7. The van der Waals surface area contributed by atoms with E-state index in [-0.39, 0.29) is 29.7 Å². The molecule has 27 heavy (non-hydrogen) atoms. The first-order valence-electron chi connectivity index (χ1n) is 8.38. The van der Waals surface area contributed by atoms with Crippen molar-refractivity contribution in [3.05, 3.63) is 38.2 Å². The number of aryl methyl sites for hydroxylation is 2. The van der Waals surface area contributed by atoms with Crippen molar-refractivity contribution < 1.29 is 18.0 Å². The third-order valence-electron chi connectivity index (χ3n) is 4.42. The molecule has 1 amide bonds. The van der Waals surface area contributed by atoms with E-state index in [1.54, 1.807) is 11.0 Å². The average Bonchev–Trinajstić information content (AvgIpc) is 3.13. The first-order chi connectivity index (χ1) is 12.7. The van der Waals surface area contributed by atoms with Crippen molar-refractivity contribution in [2.45, 2.75) is 26.4 Å². The van der Waals surface area contributed by atoms with Gasteiger partial charge in [-0.25, -0.2) is 0 Å². The van der Waals surface area contributed by atoms with Crippen LogP contribution in [0.3, 0.4) is 0 Å². The maximum Gasteiger partial charge on any atom is 0.445 e. The fourth-order valence-corrected chi connectivity index (χ4v) is 3.69. The molecule has 1 N–H and O–H groups in total. The Morgan fingerprint density at radius 1 is 1.26 bits per heavy atom. The number of aromatic amines is 1. The van der Waals surface area contributed by atoms with Crippen LogP contribution in [0.1, 0.15) is 33.5 Å². The Balaban J connectivity index is 1.69. The summed E-state index contributed by atoms with van der Waals surface area (Å²) in [5.41, 5.74) is 1.28. The molecule has 0 aliphatic carbocycles. The van der Waals surface area contributed by atoms with E-state index in [9.17, 15) is 22.8 Å². The predicted molar refractivity (Wildman–Crippen MR) is 94.2 cm³/mol. The van der Waals surface area contributed by atoms with Gasteiger partial charge in [0.1, 0.15) is 5.56 Å². The largest absolute Gasteiger partial charge is 0.445 e. The Morgan fingerprint density at radius 2 is 1.93 bits per heavy atom. The van der Waals surface area contributed by atoms with Crippen LogP contribution in [0.25, 0.3) is 0 Å². The summed E-state index contributed by atoms with van der Waals surface area (Å²) in [5.74, 6) is -0.380. The molecule has 1 aliphatic rings. The van der Waals surface area contributed by atoms with Crippen LogP contribution in [0.2, 0.25) is 0 Å². The van der Waals surface area contributed by atoms with Crippen molar-refractivity contribution in [3.63, 3.8) is 0 Å². The topological polar surface area (TPSA) is 82.2 Å². The number of halogens is 3. The number of alkyl halides is 3. The summed E-state index contributed by atoms with van der Waals surface area (Å²) < 4.78 is 38.0. The van der Waals surface area contributed by atoms with E-state index in [2.05, 4.69) is 15.2 Å². The third kappa shape index (κ3) is 3.97. The lowest BCUT2D eigenvalue weighted by Gasteiger charge is -2.34. The molecule has 0 bridgehead atoms. The Bertz CT molecular complexity index is 900. The molecule has 0 unspecified atom stereocenters. The molecule has 0 saturated carbocycles. The van der Waals surface area contributed by atoms with E-state index < -0.39 is 16.7 Å². The molecule has 0 radical (unpaired) electrons. The number of anilines is 1. The van der Waals surface area contributed by atoms with Gasteiger partial charge >= 0.3 is 6.18 Å². The molecule has 0 aromatic carbocycles. The number of nitrogens with zero attached hydrogens (tertiary/aromatic N) is 4. The Morgan fingerprint density at radius 3 is 2.48 bits per heavy atom. The number of nitrogens with one attached hydrogen (secondary N) is 1. The smallest absolute Gasteiger partial charge is 0.343 e.